The topological polar surface area (TPSA) is 21.3 Å². The van der Waals surface area contributed by atoms with Crippen molar-refractivity contribution in [3.8, 4) is 0 Å². The van der Waals surface area contributed by atoms with Crippen molar-refractivity contribution >= 4 is 28.3 Å². The molecule has 1 N–H and O–H groups in total. The second-order valence-electron chi connectivity index (χ2n) is 3.79. The molecule has 0 aliphatic rings. The summed E-state index contributed by atoms with van der Waals surface area (Å²) in [6.07, 6.45) is 0.210. The summed E-state index contributed by atoms with van der Waals surface area (Å²) in [5.41, 5.74) is 2.49. The Morgan fingerprint density at radius 3 is 2.60 bits per heavy atom. The van der Waals surface area contributed by atoms with Crippen LogP contribution in [0.25, 0.3) is 0 Å². The number of halogens is 1. The fourth-order valence-corrected chi connectivity index (χ4v) is 1.83. The summed E-state index contributed by atoms with van der Waals surface area (Å²) in [5, 5.41) is 3.47. The quantitative estimate of drug-likeness (QED) is 0.859. The zero-order valence-corrected chi connectivity index (χ0v) is 11.8. The van der Waals surface area contributed by atoms with E-state index in [9.17, 15) is 0 Å². The molecule has 0 saturated carbocycles. The largest absolute Gasteiger partial charge is 0.380 e. The molecule has 15 heavy (non-hydrogen) atoms. The predicted octanol–water partition coefficient (Wildman–Crippen LogP) is 3.43. The highest BCUT2D eigenvalue weighted by Crippen LogP contribution is 2.21. The molecule has 2 atom stereocenters. The van der Waals surface area contributed by atoms with Crippen molar-refractivity contribution in [3.05, 3.63) is 27.3 Å². The zero-order chi connectivity index (χ0) is 11.4. The van der Waals surface area contributed by atoms with Crippen LogP contribution in [0.4, 0.5) is 5.69 Å². The van der Waals surface area contributed by atoms with Gasteiger partial charge in [0.1, 0.15) is 0 Å². The molecule has 0 fully saturated rings. The minimum atomic E-state index is 0.210. The summed E-state index contributed by atoms with van der Waals surface area (Å²) in [6.45, 7) is 6.34. The van der Waals surface area contributed by atoms with E-state index in [2.05, 4.69) is 66.9 Å². The lowest BCUT2D eigenvalue weighted by Gasteiger charge is -2.22. The molecule has 1 aromatic rings. The molecule has 0 aliphatic carbocycles. The summed E-state index contributed by atoms with van der Waals surface area (Å²) < 4.78 is 6.58. The van der Waals surface area contributed by atoms with Crippen molar-refractivity contribution in [2.75, 3.05) is 12.4 Å². The molecular weight excluding hydrogens is 301 g/mol. The van der Waals surface area contributed by atoms with Gasteiger partial charge < -0.3 is 10.1 Å². The molecule has 1 rings (SSSR count). The maximum Gasteiger partial charge on any atom is 0.0741 e. The first-order chi connectivity index (χ1) is 7.06. The van der Waals surface area contributed by atoms with E-state index in [4.69, 9.17) is 4.74 Å². The van der Waals surface area contributed by atoms with Crippen molar-refractivity contribution in [1.29, 1.82) is 0 Å². The normalized spacial score (nSPS) is 14.7. The van der Waals surface area contributed by atoms with Crippen molar-refractivity contribution < 1.29 is 4.74 Å². The Morgan fingerprint density at radius 1 is 1.33 bits per heavy atom. The first-order valence-corrected chi connectivity index (χ1v) is 6.18. The number of anilines is 1. The van der Waals surface area contributed by atoms with Gasteiger partial charge in [0.15, 0.2) is 0 Å². The molecular formula is C12H18INO. The fourth-order valence-electron chi connectivity index (χ4n) is 1.33. The molecule has 0 saturated heterocycles. The summed E-state index contributed by atoms with van der Waals surface area (Å²) in [5.74, 6) is 0. The Labute approximate surface area is 106 Å². The molecule has 0 aromatic heterocycles. The third-order valence-corrected chi connectivity index (χ3v) is 3.90. The van der Waals surface area contributed by atoms with Gasteiger partial charge in [0.2, 0.25) is 0 Å². The first kappa shape index (κ1) is 12.8. The van der Waals surface area contributed by atoms with Gasteiger partial charge in [0.05, 0.1) is 6.10 Å². The van der Waals surface area contributed by atoms with Crippen LogP contribution in [0.1, 0.15) is 19.4 Å². The van der Waals surface area contributed by atoms with E-state index in [0.29, 0.717) is 6.04 Å². The van der Waals surface area contributed by atoms with Gasteiger partial charge in [-0.3, -0.25) is 0 Å². The fraction of sp³-hybridized carbons (Fsp3) is 0.500. The van der Waals surface area contributed by atoms with Crippen molar-refractivity contribution in [2.24, 2.45) is 0 Å². The molecule has 0 bridgehead atoms. The van der Waals surface area contributed by atoms with Crippen molar-refractivity contribution in [3.63, 3.8) is 0 Å². The molecule has 3 heteroatoms. The van der Waals surface area contributed by atoms with Gasteiger partial charge in [-0.1, -0.05) is 6.07 Å². The number of ether oxygens (including phenoxy) is 1. The molecule has 0 heterocycles. The highest BCUT2D eigenvalue weighted by molar-refractivity contribution is 14.1. The first-order valence-electron chi connectivity index (χ1n) is 5.10. The van der Waals surface area contributed by atoms with Crippen LogP contribution >= 0.6 is 22.6 Å². The van der Waals surface area contributed by atoms with Crippen LogP contribution in [0.2, 0.25) is 0 Å². The summed E-state index contributed by atoms with van der Waals surface area (Å²) in [4.78, 5) is 0. The molecule has 2 nitrogen and oxygen atoms in total. The maximum atomic E-state index is 5.29. The number of hydrogen-bond acceptors (Lipinski definition) is 2. The van der Waals surface area contributed by atoms with E-state index in [1.165, 1.54) is 14.8 Å². The molecule has 84 valence electrons. The minimum absolute atomic E-state index is 0.210. The molecule has 0 aliphatic heterocycles. The second kappa shape index (κ2) is 5.70. The molecule has 1 aromatic carbocycles. The lowest BCUT2D eigenvalue weighted by Crippen LogP contribution is -2.30. The Kier molecular flexibility index (Phi) is 4.86. The molecule has 2 unspecified atom stereocenters. The number of benzene rings is 1. The van der Waals surface area contributed by atoms with Crippen molar-refractivity contribution in [2.45, 2.75) is 32.9 Å². The highest BCUT2D eigenvalue weighted by Gasteiger charge is 2.12. The van der Waals surface area contributed by atoms with Crippen LogP contribution in [-0.4, -0.2) is 19.3 Å². The van der Waals surface area contributed by atoms with Gasteiger partial charge in [-0.05, 0) is 61.1 Å². The smallest absolute Gasteiger partial charge is 0.0741 e. The summed E-state index contributed by atoms with van der Waals surface area (Å²) >= 11 is 2.35. The van der Waals surface area contributed by atoms with Crippen LogP contribution in [0.3, 0.4) is 0 Å². The number of methoxy groups -OCH3 is 1. The van der Waals surface area contributed by atoms with Gasteiger partial charge in [0.25, 0.3) is 0 Å². The number of nitrogens with one attached hydrogen (secondary N) is 1. The van der Waals surface area contributed by atoms with Gasteiger partial charge >= 0.3 is 0 Å². The highest BCUT2D eigenvalue weighted by atomic mass is 127. The third-order valence-electron chi connectivity index (χ3n) is 2.73. The number of rotatable bonds is 4. The lowest BCUT2D eigenvalue weighted by atomic mass is 10.1. The van der Waals surface area contributed by atoms with Crippen LogP contribution < -0.4 is 5.32 Å². The number of hydrogen-bond donors (Lipinski definition) is 1. The summed E-state index contributed by atoms with van der Waals surface area (Å²) in [6, 6.07) is 6.61. The average molecular weight is 319 g/mol. The van der Waals surface area contributed by atoms with E-state index in [1.54, 1.807) is 7.11 Å². The average Bonchev–Trinajstić information content (AvgIpc) is 2.23. The van der Waals surface area contributed by atoms with E-state index in [1.807, 2.05) is 0 Å². The third kappa shape index (κ3) is 3.34. The second-order valence-corrected chi connectivity index (χ2v) is 4.95. The standard InChI is InChI=1S/C12H18INO/c1-8-11(13)6-5-7-12(8)14-9(2)10(3)15-4/h5-7,9-10,14H,1-4H3. The molecule has 0 radical (unpaired) electrons. The Morgan fingerprint density at radius 2 is 2.00 bits per heavy atom. The lowest BCUT2D eigenvalue weighted by molar-refractivity contribution is 0.106. The summed E-state index contributed by atoms with van der Waals surface area (Å²) in [7, 11) is 1.74. The van der Waals surface area contributed by atoms with Crippen molar-refractivity contribution in [1.82, 2.24) is 0 Å². The maximum absolute atomic E-state index is 5.29. The van der Waals surface area contributed by atoms with E-state index in [-0.39, 0.29) is 6.10 Å². The Bertz CT molecular complexity index is 327. The van der Waals surface area contributed by atoms with Gasteiger partial charge in [-0.15, -0.1) is 0 Å². The monoisotopic (exact) mass is 319 g/mol. The van der Waals surface area contributed by atoms with E-state index in [0.717, 1.165) is 0 Å². The Hall–Kier alpha value is -0.290. The minimum Gasteiger partial charge on any atom is -0.380 e. The SMILES string of the molecule is COC(C)C(C)Nc1cccc(I)c1C. The van der Waals surface area contributed by atoms with Gasteiger partial charge in [-0.25, -0.2) is 0 Å². The molecule has 0 amide bonds. The molecule has 0 spiro atoms. The predicted molar refractivity (Wildman–Crippen MR) is 73.5 cm³/mol. The van der Waals surface area contributed by atoms with E-state index < -0.39 is 0 Å². The van der Waals surface area contributed by atoms with Gasteiger partial charge in [0, 0.05) is 22.4 Å². The van der Waals surface area contributed by atoms with Crippen LogP contribution in [0, 0.1) is 10.5 Å². The Balaban J connectivity index is 2.76. The van der Waals surface area contributed by atoms with Gasteiger partial charge in [-0.2, -0.15) is 0 Å². The zero-order valence-electron chi connectivity index (χ0n) is 9.67. The van der Waals surface area contributed by atoms with E-state index >= 15 is 0 Å². The van der Waals surface area contributed by atoms with Crippen LogP contribution in [-0.2, 0) is 4.74 Å². The van der Waals surface area contributed by atoms with Crippen LogP contribution in [0.5, 0.6) is 0 Å². The van der Waals surface area contributed by atoms with Crippen LogP contribution in [0.15, 0.2) is 18.2 Å².